The van der Waals surface area contributed by atoms with Crippen LogP contribution in [0.3, 0.4) is 0 Å². The Morgan fingerprint density at radius 2 is 0.761 bits per heavy atom. The maximum absolute atomic E-state index is 12.0. The van der Waals surface area contributed by atoms with Crippen LogP contribution < -0.4 is 0 Å². The van der Waals surface area contributed by atoms with Crippen LogP contribution in [0.5, 0.6) is 0 Å². The molecule has 0 saturated carbocycles. The quantitative estimate of drug-likeness (QED) is 0.0783. The molecule has 2 saturated heterocycles. The standard InChI is InChI=1S/C33H52N4O9/c1-3-4-25-43-30(38)9-13-34-17-19-35(20-18-34)14-10-31(39)44-26-7-5-6-8-27-45-32(40)11-15-36-21-23-37(24-22-36)16-12-33(41)46-29-28-42-2/h9-16H,3-8,17-29H2,1-2H3/b13-9+,14-10+,15-11+,16-12+. The summed E-state index contributed by atoms with van der Waals surface area (Å²) in [4.78, 5) is 55.5. The highest BCUT2D eigenvalue weighted by atomic mass is 16.6. The van der Waals surface area contributed by atoms with Gasteiger partial charge in [0.15, 0.2) is 0 Å². The molecule has 0 amide bonds. The molecule has 13 nitrogen and oxygen atoms in total. The van der Waals surface area contributed by atoms with Crippen molar-refractivity contribution in [2.75, 3.05) is 92.5 Å². The molecule has 0 aromatic heterocycles. The summed E-state index contributed by atoms with van der Waals surface area (Å²) in [6.07, 6.45) is 17.9. The molecule has 2 rings (SSSR count). The lowest BCUT2D eigenvalue weighted by molar-refractivity contribution is -0.139. The Morgan fingerprint density at radius 3 is 1.07 bits per heavy atom. The van der Waals surface area contributed by atoms with Crippen LogP contribution in [0.15, 0.2) is 49.1 Å². The smallest absolute Gasteiger partial charge is 0.332 e. The predicted octanol–water partition coefficient (Wildman–Crippen LogP) is 2.46. The monoisotopic (exact) mass is 648 g/mol. The Kier molecular flexibility index (Phi) is 20.1. The molecule has 46 heavy (non-hydrogen) atoms. The number of carbonyl (C=O) groups excluding carboxylic acids is 4. The number of hydrogen-bond donors (Lipinski definition) is 0. The van der Waals surface area contributed by atoms with Crippen molar-refractivity contribution < 1.29 is 42.9 Å². The minimum atomic E-state index is -0.398. The summed E-state index contributed by atoms with van der Waals surface area (Å²) < 4.78 is 25.5. The molecule has 0 radical (unpaired) electrons. The summed E-state index contributed by atoms with van der Waals surface area (Å²) in [5, 5.41) is 0. The van der Waals surface area contributed by atoms with Crippen molar-refractivity contribution in [2.45, 2.75) is 45.4 Å². The Hall–Kier alpha value is -4.00. The van der Waals surface area contributed by atoms with E-state index in [4.69, 9.17) is 23.7 Å². The summed E-state index contributed by atoms with van der Waals surface area (Å²) in [6, 6.07) is 0. The maximum atomic E-state index is 12.0. The third-order valence-electron chi connectivity index (χ3n) is 7.18. The van der Waals surface area contributed by atoms with Crippen molar-refractivity contribution in [3.63, 3.8) is 0 Å². The number of ether oxygens (including phenoxy) is 5. The molecule has 0 spiro atoms. The van der Waals surface area contributed by atoms with Crippen LogP contribution in [0.2, 0.25) is 0 Å². The number of esters is 4. The number of hydrogen-bond acceptors (Lipinski definition) is 13. The molecule has 0 aromatic carbocycles. The van der Waals surface area contributed by atoms with Gasteiger partial charge in [-0.1, -0.05) is 13.3 Å². The highest BCUT2D eigenvalue weighted by molar-refractivity contribution is 5.82. The second-order valence-corrected chi connectivity index (χ2v) is 10.8. The van der Waals surface area contributed by atoms with E-state index in [-0.39, 0.29) is 24.5 Å². The summed E-state index contributed by atoms with van der Waals surface area (Å²) >= 11 is 0. The Morgan fingerprint density at radius 1 is 0.457 bits per heavy atom. The van der Waals surface area contributed by atoms with Gasteiger partial charge in [-0.25, -0.2) is 19.2 Å². The first-order valence-electron chi connectivity index (χ1n) is 16.2. The molecule has 2 aliphatic heterocycles. The number of unbranched alkanes of at least 4 members (excludes halogenated alkanes) is 4. The first kappa shape index (κ1) is 38.2. The normalized spacial score (nSPS) is 15.8. The summed E-state index contributed by atoms with van der Waals surface area (Å²) in [6.45, 7) is 9.66. The largest absolute Gasteiger partial charge is 0.462 e. The van der Waals surface area contributed by atoms with Gasteiger partial charge >= 0.3 is 23.9 Å². The first-order chi connectivity index (χ1) is 22.4. The summed E-state index contributed by atoms with van der Waals surface area (Å²) in [7, 11) is 1.55. The second-order valence-electron chi connectivity index (χ2n) is 10.8. The van der Waals surface area contributed by atoms with Crippen LogP contribution in [0, 0.1) is 0 Å². The van der Waals surface area contributed by atoms with Crippen molar-refractivity contribution >= 4 is 23.9 Å². The highest BCUT2D eigenvalue weighted by Crippen LogP contribution is 2.06. The molecule has 258 valence electrons. The lowest BCUT2D eigenvalue weighted by Crippen LogP contribution is -2.41. The van der Waals surface area contributed by atoms with Crippen LogP contribution in [-0.2, 0) is 42.9 Å². The molecule has 13 heteroatoms. The molecule has 0 aromatic rings. The number of methoxy groups -OCH3 is 1. The molecular weight excluding hydrogens is 596 g/mol. The zero-order chi connectivity index (χ0) is 33.2. The van der Waals surface area contributed by atoms with E-state index in [1.165, 1.54) is 24.3 Å². The minimum absolute atomic E-state index is 0.228. The van der Waals surface area contributed by atoms with E-state index in [1.54, 1.807) is 31.9 Å². The van der Waals surface area contributed by atoms with Crippen molar-refractivity contribution in [1.29, 1.82) is 0 Å². The molecule has 0 unspecified atom stereocenters. The average molecular weight is 649 g/mol. The third-order valence-corrected chi connectivity index (χ3v) is 7.18. The minimum Gasteiger partial charge on any atom is -0.462 e. The Labute approximate surface area is 273 Å². The van der Waals surface area contributed by atoms with Crippen LogP contribution >= 0.6 is 0 Å². The van der Waals surface area contributed by atoms with Crippen LogP contribution in [0.25, 0.3) is 0 Å². The lowest BCUT2D eigenvalue weighted by Gasteiger charge is -2.33. The molecule has 2 fully saturated rings. The van der Waals surface area contributed by atoms with Gasteiger partial charge < -0.3 is 43.3 Å². The molecule has 0 aliphatic carbocycles. The van der Waals surface area contributed by atoms with E-state index in [2.05, 4.69) is 9.80 Å². The molecule has 0 bridgehead atoms. The number of rotatable bonds is 21. The van der Waals surface area contributed by atoms with E-state index in [0.717, 1.165) is 90.9 Å². The lowest BCUT2D eigenvalue weighted by atomic mass is 10.2. The van der Waals surface area contributed by atoms with Crippen LogP contribution in [0.4, 0.5) is 0 Å². The fourth-order valence-electron chi connectivity index (χ4n) is 4.37. The van der Waals surface area contributed by atoms with E-state index < -0.39 is 5.97 Å². The highest BCUT2D eigenvalue weighted by Gasteiger charge is 2.13. The molecule has 2 aliphatic rings. The number of carbonyl (C=O) groups is 4. The van der Waals surface area contributed by atoms with Gasteiger partial charge in [0.05, 0.1) is 26.4 Å². The number of piperazine rings is 2. The third kappa shape index (κ3) is 18.7. The van der Waals surface area contributed by atoms with Gasteiger partial charge in [0, 0.05) is 109 Å². The topological polar surface area (TPSA) is 127 Å². The average Bonchev–Trinajstić information content (AvgIpc) is 3.07. The SMILES string of the molecule is CCCCOC(=O)/C=C/N1CCN(/C=C/C(=O)OCCCCCCOC(=O)/C=C/N2CCN(/C=C/C(=O)OCCOC)CC2)CC1. The van der Waals surface area contributed by atoms with Gasteiger partial charge in [0.25, 0.3) is 0 Å². The maximum Gasteiger partial charge on any atom is 0.332 e. The second kappa shape index (κ2) is 24.3. The van der Waals surface area contributed by atoms with Crippen molar-refractivity contribution in [1.82, 2.24) is 19.6 Å². The molecule has 2 heterocycles. The summed E-state index contributed by atoms with van der Waals surface area (Å²) in [5.74, 6) is -1.46. The van der Waals surface area contributed by atoms with Crippen molar-refractivity contribution in [2.24, 2.45) is 0 Å². The van der Waals surface area contributed by atoms with E-state index in [0.29, 0.717) is 26.4 Å². The zero-order valence-corrected chi connectivity index (χ0v) is 27.5. The molecule has 0 N–H and O–H groups in total. The predicted molar refractivity (Wildman–Crippen MR) is 172 cm³/mol. The van der Waals surface area contributed by atoms with Crippen molar-refractivity contribution in [3.05, 3.63) is 49.1 Å². The summed E-state index contributed by atoms with van der Waals surface area (Å²) in [5.41, 5.74) is 0. The van der Waals surface area contributed by atoms with Gasteiger partial charge in [0.2, 0.25) is 0 Å². The molecular formula is C33H52N4O9. The number of nitrogens with zero attached hydrogens (tertiary/aromatic N) is 4. The fraction of sp³-hybridized carbons (Fsp3) is 0.636. The van der Waals surface area contributed by atoms with Crippen LogP contribution in [0.1, 0.15) is 45.4 Å². The van der Waals surface area contributed by atoms with Gasteiger partial charge in [-0.3, -0.25) is 0 Å². The van der Waals surface area contributed by atoms with E-state index in [9.17, 15) is 19.2 Å². The van der Waals surface area contributed by atoms with Crippen molar-refractivity contribution in [3.8, 4) is 0 Å². The van der Waals surface area contributed by atoms with Gasteiger partial charge in [-0.05, 0) is 32.1 Å². The fourth-order valence-corrected chi connectivity index (χ4v) is 4.37. The van der Waals surface area contributed by atoms with E-state index >= 15 is 0 Å². The van der Waals surface area contributed by atoms with E-state index in [1.807, 2.05) is 16.7 Å². The Bertz CT molecular complexity index is 935. The van der Waals surface area contributed by atoms with Gasteiger partial charge in [-0.2, -0.15) is 0 Å². The molecule has 0 atom stereocenters. The first-order valence-corrected chi connectivity index (χ1v) is 16.2. The van der Waals surface area contributed by atoms with Crippen LogP contribution in [-0.4, -0.2) is 136 Å². The van der Waals surface area contributed by atoms with Gasteiger partial charge in [0.1, 0.15) is 6.61 Å². The zero-order valence-electron chi connectivity index (χ0n) is 27.5. The van der Waals surface area contributed by atoms with Gasteiger partial charge in [-0.15, -0.1) is 0 Å². The Balaban J connectivity index is 1.44.